The molecule has 1 fully saturated rings. The predicted octanol–water partition coefficient (Wildman–Crippen LogP) is 2.47. The molecule has 0 saturated heterocycles. The first kappa shape index (κ1) is 13.8. The highest BCUT2D eigenvalue weighted by molar-refractivity contribution is 4.81. The summed E-state index contributed by atoms with van der Waals surface area (Å²) in [6.45, 7) is 0.854. The first-order chi connectivity index (χ1) is 7.54. The molecule has 0 radical (unpaired) electrons. The van der Waals surface area contributed by atoms with Gasteiger partial charge in [0.1, 0.15) is 0 Å². The van der Waals surface area contributed by atoms with Gasteiger partial charge in [-0.1, -0.05) is 6.42 Å². The summed E-state index contributed by atoms with van der Waals surface area (Å²) >= 11 is 0. The Morgan fingerprint density at radius 3 is 2.56 bits per heavy atom. The molecule has 1 saturated carbocycles. The molecule has 0 amide bonds. The number of halogens is 3. The summed E-state index contributed by atoms with van der Waals surface area (Å²) in [5.41, 5.74) is 0. The third-order valence-corrected chi connectivity index (χ3v) is 3.16. The van der Waals surface area contributed by atoms with Crippen molar-refractivity contribution in [2.45, 2.75) is 50.7 Å². The lowest BCUT2D eigenvalue weighted by Gasteiger charge is -2.31. The Kier molecular flexibility index (Phi) is 5.55. The van der Waals surface area contributed by atoms with E-state index in [0.717, 1.165) is 12.8 Å². The molecule has 0 aromatic heterocycles. The number of unbranched alkanes of at least 4 members (excludes halogenated alkanes) is 1. The smallest absolute Gasteiger partial charge is 0.391 e. The van der Waals surface area contributed by atoms with Crippen LogP contribution in [0.1, 0.15) is 38.5 Å². The quantitative estimate of drug-likeness (QED) is 0.722. The van der Waals surface area contributed by atoms with Crippen LogP contribution >= 0.6 is 0 Å². The lowest BCUT2D eigenvalue weighted by Crippen LogP contribution is -2.39. The summed E-state index contributed by atoms with van der Waals surface area (Å²) < 4.78 is 37.5. The van der Waals surface area contributed by atoms with E-state index < -0.39 is 12.1 Å². The fourth-order valence-electron chi connectivity index (χ4n) is 2.22. The maximum absolute atomic E-state index is 12.5. The van der Waals surface area contributed by atoms with Crippen molar-refractivity contribution in [2.24, 2.45) is 5.92 Å². The number of aliphatic hydroxyl groups is 1. The van der Waals surface area contributed by atoms with E-state index in [0.29, 0.717) is 19.4 Å². The summed E-state index contributed by atoms with van der Waals surface area (Å²) in [6, 6.07) is -0.000863. The van der Waals surface area contributed by atoms with E-state index in [2.05, 4.69) is 5.32 Å². The standard InChI is InChI=1S/C11H20F3NO/c12-11(13,14)9-4-3-5-10(8-9)15-6-1-2-7-16/h9-10,15-16H,1-8H2. The second kappa shape index (κ2) is 6.45. The number of aliphatic hydroxyl groups excluding tert-OH is 1. The first-order valence-corrected chi connectivity index (χ1v) is 5.95. The van der Waals surface area contributed by atoms with Crippen LogP contribution in [-0.2, 0) is 0 Å². The van der Waals surface area contributed by atoms with Crippen molar-refractivity contribution in [1.29, 1.82) is 0 Å². The van der Waals surface area contributed by atoms with Gasteiger partial charge in [0.25, 0.3) is 0 Å². The maximum atomic E-state index is 12.5. The number of rotatable bonds is 5. The van der Waals surface area contributed by atoms with Crippen LogP contribution < -0.4 is 5.32 Å². The van der Waals surface area contributed by atoms with Crippen molar-refractivity contribution < 1.29 is 18.3 Å². The molecule has 0 bridgehead atoms. The molecule has 2 N–H and O–H groups in total. The minimum Gasteiger partial charge on any atom is -0.396 e. The van der Waals surface area contributed by atoms with Gasteiger partial charge in [-0.2, -0.15) is 13.2 Å². The fraction of sp³-hybridized carbons (Fsp3) is 1.00. The molecular weight excluding hydrogens is 219 g/mol. The molecule has 2 unspecified atom stereocenters. The first-order valence-electron chi connectivity index (χ1n) is 5.95. The molecule has 1 aliphatic rings. The molecule has 0 heterocycles. The lowest BCUT2D eigenvalue weighted by atomic mass is 9.85. The Balaban J connectivity index is 2.23. The van der Waals surface area contributed by atoms with E-state index in [1.807, 2.05) is 0 Å². The molecule has 2 atom stereocenters. The van der Waals surface area contributed by atoms with E-state index in [1.54, 1.807) is 0 Å². The van der Waals surface area contributed by atoms with Gasteiger partial charge in [-0.05, 0) is 38.6 Å². The summed E-state index contributed by atoms with van der Waals surface area (Å²) in [4.78, 5) is 0. The highest BCUT2D eigenvalue weighted by Crippen LogP contribution is 2.37. The second-order valence-corrected chi connectivity index (χ2v) is 4.49. The molecule has 0 aromatic carbocycles. The topological polar surface area (TPSA) is 32.3 Å². The molecule has 0 spiro atoms. The van der Waals surface area contributed by atoms with E-state index >= 15 is 0 Å². The highest BCUT2D eigenvalue weighted by Gasteiger charge is 2.41. The lowest BCUT2D eigenvalue weighted by molar-refractivity contribution is -0.183. The van der Waals surface area contributed by atoms with Crippen LogP contribution in [0.5, 0.6) is 0 Å². The summed E-state index contributed by atoms with van der Waals surface area (Å²) in [6.07, 6.45) is -0.522. The van der Waals surface area contributed by atoms with Crippen LogP contribution in [0.15, 0.2) is 0 Å². The van der Waals surface area contributed by atoms with Gasteiger partial charge in [0.05, 0.1) is 5.92 Å². The average Bonchev–Trinajstić information content (AvgIpc) is 2.24. The van der Waals surface area contributed by atoms with E-state index in [-0.39, 0.29) is 25.5 Å². The fourth-order valence-corrected chi connectivity index (χ4v) is 2.22. The monoisotopic (exact) mass is 239 g/mol. The maximum Gasteiger partial charge on any atom is 0.391 e. The molecule has 16 heavy (non-hydrogen) atoms. The summed E-state index contributed by atoms with van der Waals surface area (Å²) in [7, 11) is 0. The molecule has 96 valence electrons. The zero-order valence-corrected chi connectivity index (χ0v) is 9.39. The minimum atomic E-state index is -4.04. The van der Waals surface area contributed by atoms with Crippen LogP contribution in [0.4, 0.5) is 13.2 Å². The van der Waals surface area contributed by atoms with Crippen molar-refractivity contribution in [2.75, 3.05) is 13.2 Å². The second-order valence-electron chi connectivity index (χ2n) is 4.49. The van der Waals surface area contributed by atoms with Gasteiger partial charge in [0.15, 0.2) is 0 Å². The molecule has 5 heteroatoms. The predicted molar refractivity (Wildman–Crippen MR) is 56.1 cm³/mol. The van der Waals surface area contributed by atoms with Crippen LogP contribution in [-0.4, -0.2) is 30.5 Å². The number of nitrogens with one attached hydrogen (secondary N) is 1. The number of alkyl halides is 3. The zero-order chi connectivity index (χ0) is 12.0. The van der Waals surface area contributed by atoms with Crippen LogP contribution in [0.25, 0.3) is 0 Å². The Morgan fingerprint density at radius 2 is 1.94 bits per heavy atom. The molecule has 1 rings (SSSR count). The Morgan fingerprint density at radius 1 is 1.19 bits per heavy atom. The highest BCUT2D eigenvalue weighted by atomic mass is 19.4. The zero-order valence-electron chi connectivity index (χ0n) is 9.39. The van der Waals surface area contributed by atoms with Crippen molar-refractivity contribution >= 4 is 0 Å². The molecule has 1 aliphatic carbocycles. The largest absolute Gasteiger partial charge is 0.396 e. The Hall–Kier alpha value is -0.290. The summed E-state index contributed by atoms with van der Waals surface area (Å²) in [5, 5.41) is 11.7. The normalized spacial score (nSPS) is 27.0. The van der Waals surface area contributed by atoms with E-state index in [4.69, 9.17) is 5.11 Å². The molecular formula is C11H20F3NO. The van der Waals surface area contributed by atoms with Crippen molar-refractivity contribution in [3.63, 3.8) is 0 Å². The van der Waals surface area contributed by atoms with Gasteiger partial charge in [0.2, 0.25) is 0 Å². The average molecular weight is 239 g/mol. The van der Waals surface area contributed by atoms with E-state index in [1.165, 1.54) is 0 Å². The molecule has 0 aliphatic heterocycles. The Bertz CT molecular complexity index is 196. The van der Waals surface area contributed by atoms with Gasteiger partial charge < -0.3 is 10.4 Å². The van der Waals surface area contributed by atoms with Crippen LogP contribution in [0.3, 0.4) is 0 Å². The molecule has 0 aromatic rings. The third-order valence-electron chi connectivity index (χ3n) is 3.16. The molecule has 2 nitrogen and oxygen atoms in total. The van der Waals surface area contributed by atoms with Crippen LogP contribution in [0, 0.1) is 5.92 Å². The third kappa shape index (κ3) is 4.70. The van der Waals surface area contributed by atoms with Crippen molar-refractivity contribution in [3.8, 4) is 0 Å². The van der Waals surface area contributed by atoms with Crippen LogP contribution in [0.2, 0.25) is 0 Å². The van der Waals surface area contributed by atoms with Gasteiger partial charge in [-0.3, -0.25) is 0 Å². The number of hydrogen-bond acceptors (Lipinski definition) is 2. The van der Waals surface area contributed by atoms with Gasteiger partial charge >= 0.3 is 6.18 Å². The summed E-state index contributed by atoms with van der Waals surface area (Å²) in [5.74, 6) is -1.13. The van der Waals surface area contributed by atoms with Gasteiger partial charge in [-0.25, -0.2) is 0 Å². The van der Waals surface area contributed by atoms with Gasteiger partial charge in [0, 0.05) is 12.6 Å². The van der Waals surface area contributed by atoms with Crippen molar-refractivity contribution in [3.05, 3.63) is 0 Å². The van der Waals surface area contributed by atoms with Gasteiger partial charge in [-0.15, -0.1) is 0 Å². The minimum absolute atomic E-state index is 0.000863. The Labute approximate surface area is 94.2 Å². The van der Waals surface area contributed by atoms with Crippen molar-refractivity contribution in [1.82, 2.24) is 5.32 Å². The SMILES string of the molecule is OCCCCNC1CCCC(C(F)(F)F)C1. The van der Waals surface area contributed by atoms with E-state index in [9.17, 15) is 13.2 Å². The number of hydrogen-bond donors (Lipinski definition) is 2.